The van der Waals surface area contributed by atoms with E-state index in [0.717, 1.165) is 36.3 Å². The predicted molar refractivity (Wildman–Crippen MR) is 76.3 cm³/mol. The highest BCUT2D eigenvalue weighted by atomic mass is 16.5. The van der Waals surface area contributed by atoms with Gasteiger partial charge in [0.25, 0.3) is 0 Å². The summed E-state index contributed by atoms with van der Waals surface area (Å²) in [6.45, 7) is 4.17. The second-order valence-corrected chi connectivity index (χ2v) is 6.19. The van der Waals surface area contributed by atoms with E-state index in [9.17, 15) is 4.79 Å². The Hall–Kier alpha value is -1.71. The van der Waals surface area contributed by atoms with Crippen molar-refractivity contribution in [3.05, 3.63) is 23.3 Å². The summed E-state index contributed by atoms with van der Waals surface area (Å²) in [5, 5.41) is 3.07. The number of amides is 1. The summed E-state index contributed by atoms with van der Waals surface area (Å²) < 4.78 is 11.3. The van der Waals surface area contributed by atoms with Gasteiger partial charge in [-0.25, -0.2) is 0 Å². The van der Waals surface area contributed by atoms with Gasteiger partial charge in [-0.3, -0.25) is 4.79 Å². The largest absolute Gasteiger partial charge is 0.496 e. The first kappa shape index (κ1) is 13.3. The second-order valence-electron chi connectivity index (χ2n) is 6.19. The fourth-order valence-corrected chi connectivity index (χ4v) is 3.21. The van der Waals surface area contributed by atoms with Gasteiger partial charge in [-0.2, -0.15) is 0 Å². The lowest BCUT2D eigenvalue weighted by Gasteiger charge is -2.25. The number of ether oxygens (including phenoxy) is 2. The number of carbonyl (C=O) groups is 1. The fraction of sp³-hybridized carbons (Fsp3) is 0.562. The topological polar surface area (TPSA) is 47.6 Å². The molecule has 0 aromatic heterocycles. The summed E-state index contributed by atoms with van der Waals surface area (Å²) in [6.07, 6.45) is 3.40. The Kier molecular flexibility index (Phi) is 3.11. The van der Waals surface area contributed by atoms with E-state index in [-0.39, 0.29) is 17.6 Å². The zero-order valence-electron chi connectivity index (χ0n) is 12.3. The third-order valence-corrected chi connectivity index (χ3v) is 4.22. The van der Waals surface area contributed by atoms with Gasteiger partial charge in [0.2, 0.25) is 5.91 Å². The standard InChI is InChI=1S/C16H21NO3/c1-10-6-11-7-13(19-3)12(8-14(11)20-10)9-16(2)5-4-15(18)17-16/h7-8,10H,4-6,9H2,1-3H3,(H,17,18). The van der Waals surface area contributed by atoms with Crippen molar-refractivity contribution in [3.8, 4) is 11.5 Å². The van der Waals surface area contributed by atoms with Crippen molar-refractivity contribution in [2.75, 3.05) is 7.11 Å². The normalized spacial score (nSPS) is 27.9. The second kappa shape index (κ2) is 4.69. The Morgan fingerprint density at radius 2 is 2.30 bits per heavy atom. The van der Waals surface area contributed by atoms with E-state index < -0.39 is 0 Å². The van der Waals surface area contributed by atoms with Gasteiger partial charge in [0.05, 0.1) is 7.11 Å². The van der Waals surface area contributed by atoms with Gasteiger partial charge in [0.1, 0.15) is 17.6 Å². The van der Waals surface area contributed by atoms with Crippen LogP contribution in [0.3, 0.4) is 0 Å². The van der Waals surface area contributed by atoms with E-state index in [1.54, 1.807) is 7.11 Å². The van der Waals surface area contributed by atoms with Crippen LogP contribution in [0.25, 0.3) is 0 Å². The Morgan fingerprint density at radius 1 is 1.50 bits per heavy atom. The number of benzene rings is 1. The molecule has 0 bridgehead atoms. The van der Waals surface area contributed by atoms with E-state index in [1.807, 2.05) is 0 Å². The lowest BCUT2D eigenvalue weighted by Crippen LogP contribution is -2.40. The van der Waals surface area contributed by atoms with Crippen molar-refractivity contribution in [1.29, 1.82) is 0 Å². The molecular weight excluding hydrogens is 254 g/mol. The van der Waals surface area contributed by atoms with Crippen LogP contribution in [0.2, 0.25) is 0 Å². The van der Waals surface area contributed by atoms with Crippen molar-refractivity contribution >= 4 is 5.91 Å². The average Bonchev–Trinajstić information content (AvgIpc) is 2.90. The highest BCUT2D eigenvalue weighted by Crippen LogP contribution is 2.37. The van der Waals surface area contributed by atoms with Crippen LogP contribution < -0.4 is 14.8 Å². The highest BCUT2D eigenvalue weighted by Gasteiger charge is 2.34. The van der Waals surface area contributed by atoms with E-state index in [1.165, 1.54) is 5.56 Å². The quantitative estimate of drug-likeness (QED) is 0.920. The molecule has 0 aliphatic carbocycles. The molecule has 2 heterocycles. The first-order chi connectivity index (χ1) is 9.49. The molecule has 2 aliphatic heterocycles. The number of carbonyl (C=O) groups excluding carboxylic acids is 1. The SMILES string of the molecule is COc1cc2c(cc1CC1(C)CCC(=O)N1)OC(C)C2. The number of methoxy groups -OCH3 is 1. The molecule has 3 rings (SSSR count). The third kappa shape index (κ3) is 2.35. The summed E-state index contributed by atoms with van der Waals surface area (Å²) in [4.78, 5) is 11.5. The Morgan fingerprint density at radius 3 is 2.95 bits per heavy atom. The summed E-state index contributed by atoms with van der Waals surface area (Å²) >= 11 is 0. The van der Waals surface area contributed by atoms with Gasteiger partial charge in [-0.1, -0.05) is 0 Å². The molecular formula is C16H21NO3. The van der Waals surface area contributed by atoms with Crippen molar-refractivity contribution in [2.24, 2.45) is 0 Å². The predicted octanol–water partition coefficient (Wildman–Crippen LogP) is 2.23. The molecule has 1 saturated heterocycles. The molecule has 0 radical (unpaired) electrons. The average molecular weight is 275 g/mol. The van der Waals surface area contributed by atoms with Crippen molar-refractivity contribution in [2.45, 2.75) is 51.2 Å². The zero-order valence-corrected chi connectivity index (χ0v) is 12.3. The van der Waals surface area contributed by atoms with E-state index in [2.05, 4.69) is 31.3 Å². The molecule has 0 saturated carbocycles. The maximum atomic E-state index is 11.5. The number of nitrogens with one attached hydrogen (secondary N) is 1. The van der Waals surface area contributed by atoms with Gasteiger partial charge < -0.3 is 14.8 Å². The Labute approximate surface area is 119 Å². The van der Waals surface area contributed by atoms with Crippen LogP contribution in [0.15, 0.2) is 12.1 Å². The Balaban J connectivity index is 1.90. The Bertz CT molecular complexity index is 555. The van der Waals surface area contributed by atoms with E-state index in [0.29, 0.717) is 6.42 Å². The van der Waals surface area contributed by atoms with Crippen molar-refractivity contribution in [1.82, 2.24) is 5.32 Å². The van der Waals surface area contributed by atoms with Gasteiger partial charge >= 0.3 is 0 Å². The molecule has 2 atom stereocenters. The molecule has 1 aromatic rings. The van der Waals surface area contributed by atoms with E-state index in [4.69, 9.17) is 9.47 Å². The number of rotatable bonds is 3. The van der Waals surface area contributed by atoms with Crippen LogP contribution in [0.5, 0.6) is 11.5 Å². The molecule has 4 heteroatoms. The first-order valence-corrected chi connectivity index (χ1v) is 7.16. The molecule has 1 amide bonds. The van der Waals surface area contributed by atoms with Crippen LogP contribution in [-0.4, -0.2) is 24.7 Å². The van der Waals surface area contributed by atoms with Crippen molar-refractivity contribution < 1.29 is 14.3 Å². The van der Waals surface area contributed by atoms with Crippen LogP contribution in [0, 0.1) is 0 Å². The molecule has 0 spiro atoms. The molecule has 4 nitrogen and oxygen atoms in total. The smallest absolute Gasteiger partial charge is 0.220 e. The minimum absolute atomic E-state index is 0.137. The number of hydrogen-bond acceptors (Lipinski definition) is 3. The number of fused-ring (bicyclic) bond motifs is 1. The molecule has 108 valence electrons. The van der Waals surface area contributed by atoms with Crippen LogP contribution in [-0.2, 0) is 17.6 Å². The molecule has 20 heavy (non-hydrogen) atoms. The lowest BCUT2D eigenvalue weighted by molar-refractivity contribution is -0.119. The highest BCUT2D eigenvalue weighted by molar-refractivity contribution is 5.79. The monoisotopic (exact) mass is 275 g/mol. The van der Waals surface area contributed by atoms with Crippen LogP contribution >= 0.6 is 0 Å². The van der Waals surface area contributed by atoms with Gasteiger partial charge in [0.15, 0.2) is 0 Å². The van der Waals surface area contributed by atoms with Crippen molar-refractivity contribution in [3.63, 3.8) is 0 Å². The van der Waals surface area contributed by atoms with Crippen LogP contribution in [0.4, 0.5) is 0 Å². The summed E-state index contributed by atoms with van der Waals surface area (Å²) in [5.74, 6) is 1.99. The molecule has 2 unspecified atom stereocenters. The third-order valence-electron chi connectivity index (χ3n) is 4.22. The first-order valence-electron chi connectivity index (χ1n) is 7.16. The zero-order chi connectivity index (χ0) is 14.3. The van der Waals surface area contributed by atoms with Gasteiger partial charge in [-0.05, 0) is 38.8 Å². The maximum Gasteiger partial charge on any atom is 0.220 e. The molecule has 2 aliphatic rings. The summed E-state index contributed by atoms with van der Waals surface area (Å²) in [5.41, 5.74) is 2.13. The van der Waals surface area contributed by atoms with Gasteiger partial charge in [-0.15, -0.1) is 0 Å². The molecule has 1 N–H and O–H groups in total. The van der Waals surface area contributed by atoms with Gasteiger partial charge in [0, 0.05) is 29.5 Å². The molecule has 1 aromatic carbocycles. The van der Waals surface area contributed by atoms with E-state index >= 15 is 0 Å². The number of hydrogen-bond donors (Lipinski definition) is 1. The lowest BCUT2D eigenvalue weighted by atomic mass is 9.90. The minimum Gasteiger partial charge on any atom is -0.496 e. The summed E-state index contributed by atoms with van der Waals surface area (Å²) in [6, 6.07) is 4.15. The maximum absolute atomic E-state index is 11.5. The molecule has 1 fully saturated rings. The summed E-state index contributed by atoms with van der Waals surface area (Å²) in [7, 11) is 1.69. The fourth-order valence-electron chi connectivity index (χ4n) is 3.21. The van der Waals surface area contributed by atoms with Crippen LogP contribution in [0.1, 0.15) is 37.8 Å². The minimum atomic E-state index is -0.178.